The molecule has 6 heteroatoms. The standard InChI is InChI=1S/C14H23N3O2S/c1-3-17(4-2)20(18,19)16-14-7-5-6-11-10-12(15)8-9-13(11)14/h8-10,14,16H,3-7,15H2,1-2H3. The van der Waals surface area contributed by atoms with E-state index in [1.54, 1.807) is 0 Å². The first-order valence-corrected chi connectivity index (χ1v) is 8.57. The molecule has 1 aromatic carbocycles. The Labute approximate surface area is 121 Å². The van der Waals surface area contributed by atoms with Gasteiger partial charge in [0.2, 0.25) is 0 Å². The number of hydrogen-bond donors (Lipinski definition) is 2. The van der Waals surface area contributed by atoms with Crippen LogP contribution in [0.1, 0.15) is 43.9 Å². The van der Waals surface area contributed by atoms with Crippen molar-refractivity contribution in [3.63, 3.8) is 0 Å². The first kappa shape index (κ1) is 15.3. The van der Waals surface area contributed by atoms with Gasteiger partial charge >= 0.3 is 0 Å². The van der Waals surface area contributed by atoms with Gasteiger partial charge in [0.1, 0.15) is 0 Å². The highest BCUT2D eigenvalue weighted by molar-refractivity contribution is 7.87. The summed E-state index contributed by atoms with van der Waals surface area (Å²) < 4.78 is 28.9. The van der Waals surface area contributed by atoms with Gasteiger partial charge in [0, 0.05) is 24.8 Å². The number of benzene rings is 1. The molecular weight excluding hydrogens is 274 g/mol. The highest BCUT2D eigenvalue weighted by atomic mass is 32.2. The van der Waals surface area contributed by atoms with Crippen molar-refractivity contribution in [1.82, 2.24) is 9.03 Å². The van der Waals surface area contributed by atoms with Crippen molar-refractivity contribution < 1.29 is 8.42 Å². The number of rotatable bonds is 5. The van der Waals surface area contributed by atoms with Crippen LogP contribution in [0.3, 0.4) is 0 Å². The normalized spacial score (nSPS) is 19.1. The molecule has 5 nitrogen and oxygen atoms in total. The summed E-state index contributed by atoms with van der Waals surface area (Å²) >= 11 is 0. The Hall–Kier alpha value is -1.11. The zero-order valence-electron chi connectivity index (χ0n) is 12.1. The van der Waals surface area contributed by atoms with Crippen LogP contribution in [-0.4, -0.2) is 25.8 Å². The van der Waals surface area contributed by atoms with Gasteiger partial charge in [-0.2, -0.15) is 17.4 Å². The predicted octanol–water partition coefficient (Wildman–Crippen LogP) is 1.82. The summed E-state index contributed by atoms with van der Waals surface area (Å²) in [7, 11) is -3.42. The maximum atomic E-state index is 12.3. The van der Waals surface area contributed by atoms with Gasteiger partial charge in [-0.3, -0.25) is 0 Å². The highest BCUT2D eigenvalue weighted by Gasteiger charge is 2.27. The zero-order chi connectivity index (χ0) is 14.8. The van der Waals surface area contributed by atoms with Gasteiger partial charge in [-0.1, -0.05) is 19.9 Å². The van der Waals surface area contributed by atoms with Gasteiger partial charge in [0.25, 0.3) is 10.2 Å². The minimum absolute atomic E-state index is 0.148. The third kappa shape index (κ3) is 3.13. The molecule has 1 atom stereocenters. The Morgan fingerprint density at radius 1 is 1.35 bits per heavy atom. The fourth-order valence-corrected chi connectivity index (χ4v) is 4.21. The van der Waals surface area contributed by atoms with Crippen LogP contribution in [0.25, 0.3) is 0 Å². The number of fused-ring (bicyclic) bond motifs is 1. The van der Waals surface area contributed by atoms with Crippen molar-refractivity contribution in [2.24, 2.45) is 0 Å². The van der Waals surface area contributed by atoms with E-state index >= 15 is 0 Å². The summed E-state index contributed by atoms with van der Waals surface area (Å²) in [5.74, 6) is 0. The summed E-state index contributed by atoms with van der Waals surface area (Å²) in [6, 6.07) is 5.58. The summed E-state index contributed by atoms with van der Waals surface area (Å²) in [5.41, 5.74) is 8.74. The van der Waals surface area contributed by atoms with Crippen molar-refractivity contribution >= 4 is 15.9 Å². The van der Waals surface area contributed by atoms with Gasteiger partial charge in [0.15, 0.2) is 0 Å². The molecule has 1 aromatic rings. The minimum atomic E-state index is -3.42. The predicted molar refractivity (Wildman–Crippen MR) is 81.5 cm³/mol. The molecule has 2 rings (SSSR count). The lowest BCUT2D eigenvalue weighted by molar-refractivity contribution is 0.417. The first-order valence-electron chi connectivity index (χ1n) is 7.13. The second-order valence-electron chi connectivity index (χ2n) is 5.11. The molecule has 0 aromatic heterocycles. The van der Waals surface area contributed by atoms with Gasteiger partial charge in [-0.25, -0.2) is 0 Å². The summed E-state index contributed by atoms with van der Waals surface area (Å²) in [5, 5.41) is 0. The Morgan fingerprint density at radius 3 is 2.70 bits per heavy atom. The number of nitrogens with one attached hydrogen (secondary N) is 1. The number of nitrogens with zero attached hydrogens (tertiary/aromatic N) is 1. The lowest BCUT2D eigenvalue weighted by atomic mass is 9.88. The van der Waals surface area contributed by atoms with Crippen LogP contribution >= 0.6 is 0 Å². The van der Waals surface area contributed by atoms with Crippen LogP contribution in [0.4, 0.5) is 5.69 Å². The molecule has 0 fully saturated rings. The third-order valence-corrected chi connectivity index (χ3v) is 5.60. The molecule has 1 unspecified atom stereocenters. The van der Waals surface area contributed by atoms with Crippen LogP contribution in [0.2, 0.25) is 0 Å². The molecule has 0 spiro atoms. The maximum Gasteiger partial charge on any atom is 0.279 e. The Bertz CT molecular complexity index is 568. The SMILES string of the molecule is CCN(CC)S(=O)(=O)NC1CCCc2cc(N)ccc21. The van der Waals surface area contributed by atoms with E-state index in [1.165, 1.54) is 4.31 Å². The number of aryl methyl sites for hydroxylation is 1. The summed E-state index contributed by atoms with van der Waals surface area (Å²) in [6.07, 6.45) is 2.77. The van der Waals surface area contributed by atoms with E-state index in [9.17, 15) is 8.42 Å². The second kappa shape index (κ2) is 6.11. The largest absolute Gasteiger partial charge is 0.399 e. The first-order chi connectivity index (χ1) is 9.47. The highest BCUT2D eigenvalue weighted by Crippen LogP contribution is 2.31. The quantitative estimate of drug-likeness (QED) is 0.814. The summed E-state index contributed by atoms with van der Waals surface area (Å²) in [4.78, 5) is 0. The average molecular weight is 297 g/mol. The van der Waals surface area contributed by atoms with E-state index in [4.69, 9.17) is 5.73 Å². The van der Waals surface area contributed by atoms with Gasteiger partial charge in [-0.05, 0) is 42.5 Å². The van der Waals surface area contributed by atoms with Crippen LogP contribution in [0.5, 0.6) is 0 Å². The molecule has 0 bridgehead atoms. The van der Waals surface area contributed by atoms with E-state index < -0.39 is 10.2 Å². The van der Waals surface area contributed by atoms with E-state index in [-0.39, 0.29) is 6.04 Å². The molecule has 3 N–H and O–H groups in total. The van der Waals surface area contributed by atoms with Crippen LogP contribution in [-0.2, 0) is 16.6 Å². The molecule has 0 radical (unpaired) electrons. The number of nitrogens with two attached hydrogens (primary N) is 1. The number of nitrogen functional groups attached to an aromatic ring is 1. The average Bonchev–Trinajstić information content (AvgIpc) is 2.39. The van der Waals surface area contributed by atoms with Crippen LogP contribution < -0.4 is 10.5 Å². The van der Waals surface area contributed by atoms with E-state index in [0.29, 0.717) is 13.1 Å². The van der Waals surface area contributed by atoms with Crippen LogP contribution in [0.15, 0.2) is 18.2 Å². The van der Waals surface area contributed by atoms with E-state index in [0.717, 1.165) is 36.1 Å². The molecule has 1 aliphatic carbocycles. The molecule has 0 amide bonds. The molecule has 1 aliphatic rings. The lowest BCUT2D eigenvalue weighted by Gasteiger charge is -2.29. The maximum absolute atomic E-state index is 12.3. The minimum Gasteiger partial charge on any atom is -0.399 e. The van der Waals surface area contributed by atoms with E-state index in [1.807, 2.05) is 32.0 Å². The number of hydrogen-bond acceptors (Lipinski definition) is 3. The third-order valence-electron chi connectivity index (χ3n) is 3.82. The van der Waals surface area contributed by atoms with Gasteiger partial charge < -0.3 is 5.73 Å². The summed E-state index contributed by atoms with van der Waals surface area (Å²) in [6.45, 7) is 4.65. The molecule has 0 aliphatic heterocycles. The zero-order valence-corrected chi connectivity index (χ0v) is 12.9. The monoisotopic (exact) mass is 297 g/mol. The molecule has 20 heavy (non-hydrogen) atoms. The van der Waals surface area contributed by atoms with Crippen molar-refractivity contribution in [2.45, 2.75) is 39.2 Å². The fourth-order valence-electron chi connectivity index (χ4n) is 2.77. The van der Waals surface area contributed by atoms with Gasteiger partial charge in [-0.15, -0.1) is 0 Å². The van der Waals surface area contributed by atoms with Gasteiger partial charge in [0.05, 0.1) is 0 Å². The molecule has 112 valence electrons. The topological polar surface area (TPSA) is 75.4 Å². The van der Waals surface area contributed by atoms with E-state index in [2.05, 4.69) is 4.72 Å². The smallest absolute Gasteiger partial charge is 0.279 e. The van der Waals surface area contributed by atoms with Crippen molar-refractivity contribution in [3.8, 4) is 0 Å². The van der Waals surface area contributed by atoms with Crippen molar-refractivity contribution in [1.29, 1.82) is 0 Å². The molecule has 0 saturated carbocycles. The van der Waals surface area contributed by atoms with Crippen molar-refractivity contribution in [3.05, 3.63) is 29.3 Å². The lowest BCUT2D eigenvalue weighted by Crippen LogP contribution is -2.42. The molecular formula is C14H23N3O2S. The Balaban J connectivity index is 2.24. The molecule has 0 saturated heterocycles. The Morgan fingerprint density at radius 2 is 2.05 bits per heavy atom. The number of anilines is 1. The van der Waals surface area contributed by atoms with Crippen LogP contribution in [0, 0.1) is 0 Å². The second-order valence-corrected chi connectivity index (χ2v) is 6.81. The Kier molecular flexibility index (Phi) is 4.67. The fraction of sp³-hybridized carbons (Fsp3) is 0.571. The molecule has 0 heterocycles. The van der Waals surface area contributed by atoms with Crippen molar-refractivity contribution in [2.75, 3.05) is 18.8 Å².